The number of carbonyl (C=O) groups is 1. The maximum Gasteiger partial charge on any atom is 0.223 e. The van der Waals surface area contributed by atoms with Crippen molar-refractivity contribution >= 4 is 5.91 Å². The Hall–Kier alpha value is -3.60. The molecule has 0 unspecified atom stereocenters. The minimum absolute atomic E-state index is 0.0444. The fraction of sp³-hybridized carbons (Fsp3) is 0.167. The van der Waals surface area contributed by atoms with Crippen LogP contribution in [0.4, 0.5) is 0 Å². The maximum atomic E-state index is 12.9. The summed E-state index contributed by atoms with van der Waals surface area (Å²) in [5.41, 5.74) is 2.01. The molecule has 1 aromatic carbocycles. The van der Waals surface area contributed by atoms with E-state index in [4.69, 9.17) is 8.83 Å². The molecule has 4 aromatic rings. The summed E-state index contributed by atoms with van der Waals surface area (Å²) in [7, 11) is 0. The first kappa shape index (κ1) is 18.7. The molecule has 0 bridgehead atoms. The SMILES string of the molecule is O=C(CCc1ccc(-c2ccccc2)o1)N(Cc1cccnc1)Cc1ccco1. The van der Waals surface area contributed by atoms with E-state index in [2.05, 4.69) is 4.98 Å². The number of hydrogen-bond acceptors (Lipinski definition) is 4. The average molecular weight is 386 g/mol. The number of carbonyl (C=O) groups excluding carboxylic acids is 1. The molecule has 146 valence electrons. The van der Waals surface area contributed by atoms with E-state index in [1.54, 1.807) is 23.6 Å². The standard InChI is InChI=1S/C24H22N2O3/c27-24(13-11-21-10-12-23(29-21)20-7-2-1-3-8-20)26(18-22-9-5-15-28-22)17-19-6-4-14-25-16-19/h1-10,12,14-16H,11,13,17-18H2. The molecule has 4 rings (SSSR count). The Bertz CT molecular complexity index is 1020. The molecule has 0 aliphatic carbocycles. The first-order chi connectivity index (χ1) is 14.3. The van der Waals surface area contributed by atoms with Gasteiger partial charge in [-0.3, -0.25) is 9.78 Å². The lowest BCUT2D eigenvalue weighted by Crippen LogP contribution is -2.30. The number of furan rings is 2. The van der Waals surface area contributed by atoms with Gasteiger partial charge in [0.1, 0.15) is 17.3 Å². The van der Waals surface area contributed by atoms with Gasteiger partial charge >= 0.3 is 0 Å². The van der Waals surface area contributed by atoms with Crippen molar-refractivity contribution in [2.24, 2.45) is 0 Å². The molecule has 0 saturated carbocycles. The van der Waals surface area contributed by atoms with E-state index < -0.39 is 0 Å². The predicted molar refractivity (Wildman–Crippen MR) is 110 cm³/mol. The molecule has 0 aliphatic heterocycles. The molecule has 3 heterocycles. The molecule has 3 aromatic heterocycles. The van der Waals surface area contributed by atoms with Crippen LogP contribution in [-0.2, 0) is 24.3 Å². The molecule has 0 fully saturated rings. The van der Waals surface area contributed by atoms with Crippen LogP contribution in [0.25, 0.3) is 11.3 Å². The highest BCUT2D eigenvalue weighted by atomic mass is 16.3. The summed E-state index contributed by atoms with van der Waals surface area (Å²) in [6.07, 6.45) is 6.04. The van der Waals surface area contributed by atoms with E-state index in [1.165, 1.54) is 0 Å². The van der Waals surface area contributed by atoms with Gasteiger partial charge in [0.05, 0.1) is 12.8 Å². The van der Waals surface area contributed by atoms with Crippen LogP contribution in [0.3, 0.4) is 0 Å². The molecule has 5 heteroatoms. The number of aromatic nitrogens is 1. The van der Waals surface area contributed by atoms with Crippen molar-refractivity contribution in [3.63, 3.8) is 0 Å². The molecule has 29 heavy (non-hydrogen) atoms. The second-order valence-electron chi connectivity index (χ2n) is 6.82. The zero-order valence-electron chi connectivity index (χ0n) is 16.0. The third kappa shape index (κ3) is 5.02. The zero-order valence-corrected chi connectivity index (χ0v) is 16.0. The molecule has 0 spiro atoms. The van der Waals surface area contributed by atoms with E-state index in [-0.39, 0.29) is 5.91 Å². The smallest absolute Gasteiger partial charge is 0.223 e. The van der Waals surface area contributed by atoms with Gasteiger partial charge in [-0.1, -0.05) is 36.4 Å². The summed E-state index contributed by atoms with van der Waals surface area (Å²) in [6.45, 7) is 0.912. The van der Waals surface area contributed by atoms with Crippen molar-refractivity contribution < 1.29 is 13.6 Å². The van der Waals surface area contributed by atoms with Gasteiger partial charge in [-0.2, -0.15) is 0 Å². The lowest BCUT2D eigenvalue weighted by molar-refractivity contribution is -0.132. The number of nitrogens with zero attached hydrogens (tertiary/aromatic N) is 2. The zero-order chi connectivity index (χ0) is 19.9. The van der Waals surface area contributed by atoms with Crippen LogP contribution in [-0.4, -0.2) is 15.8 Å². The van der Waals surface area contributed by atoms with Crippen molar-refractivity contribution in [3.8, 4) is 11.3 Å². The van der Waals surface area contributed by atoms with Crippen molar-refractivity contribution in [2.75, 3.05) is 0 Å². The maximum absolute atomic E-state index is 12.9. The number of aryl methyl sites for hydroxylation is 1. The van der Waals surface area contributed by atoms with Crippen LogP contribution in [0.1, 0.15) is 23.5 Å². The van der Waals surface area contributed by atoms with Gasteiger partial charge in [-0.05, 0) is 35.9 Å². The summed E-state index contributed by atoms with van der Waals surface area (Å²) in [6, 6.07) is 21.4. The van der Waals surface area contributed by atoms with Crippen LogP contribution in [0.15, 0.2) is 94.2 Å². The average Bonchev–Trinajstić information content (AvgIpc) is 3.45. The van der Waals surface area contributed by atoms with Crippen LogP contribution < -0.4 is 0 Å². The number of pyridine rings is 1. The highest BCUT2D eigenvalue weighted by molar-refractivity contribution is 5.76. The number of hydrogen-bond donors (Lipinski definition) is 0. The Balaban J connectivity index is 1.41. The second-order valence-corrected chi connectivity index (χ2v) is 6.82. The van der Waals surface area contributed by atoms with E-state index >= 15 is 0 Å². The molecule has 0 saturated heterocycles. The highest BCUT2D eigenvalue weighted by Gasteiger charge is 2.17. The van der Waals surface area contributed by atoms with Crippen LogP contribution in [0.2, 0.25) is 0 Å². The highest BCUT2D eigenvalue weighted by Crippen LogP contribution is 2.23. The summed E-state index contributed by atoms with van der Waals surface area (Å²) in [4.78, 5) is 18.9. The molecule has 0 aliphatic rings. The molecular formula is C24H22N2O3. The number of benzene rings is 1. The number of rotatable bonds is 8. The minimum Gasteiger partial charge on any atom is -0.467 e. The lowest BCUT2D eigenvalue weighted by atomic mass is 10.2. The summed E-state index contributed by atoms with van der Waals surface area (Å²) < 4.78 is 11.4. The normalized spacial score (nSPS) is 10.8. The monoisotopic (exact) mass is 386 g/mol. The van der Waals surface area contributed by atoms with Crippen molar-refractivity contribution in [1.82, 2.24) is 9.88 Å². The summed E-state index contributed by atoms with van der Waals surface area (Å²) in [5, 5.41) is 0. The van der Waals surface area contributed by atoms with E-state index in [9.17, 15) is 4.79 Å². The van der Waals surface area contributed by atoms with Crippen LogP contribution in [0.5, 0.6) is 0 Å². The van der Waals surface area contributed by atoms with Gasteiger partial charge in [0.2, 0.25) is 5.91 Å². The third-order valence-corrected chi connectivity index (χ3v) is 4.68. The Morgan fingerprint density at radius 2 is 1.79 bits per heavy atom. The Labute approximate surface area is 169 Å². The Morgan fingerprint density at radius 1 is 0.897 bits per heavy atom. The van der Waals surface area contributed by atoms with Gasteiger partial charge in [0.25, 0.3) is 0 Å². The predicted octanol–water partition coefficient (Wildman–Crippen LogP) is 5.10. The van der Waals surface area contributed by atoms with Gasteiger partial charge in [0.15, 0.2) is 0 Å². The first-order valence-electron chi connectivity index (χ1n) is 9.61. The lowest BCUT2D eigenvalue weighted by Gasteiger charge is -2.21. The van der Waals surface area contributed by atoms with Crippen molar-refractivity contribution in [2.45, 2.75) is 25.9 Å². The summed E-state index contributed by atoms with van der Waals surface area (Å²) >= 11 is 0. The van der Waals surface area contributed by atoms with E-state index in [0.717, 1.165) is 28.4 Å². The molecule has 0 atom stereocenters. The number of amides is 1. The first-order valence-corrected chi connectivity index (χ1v) is 9.61. The fourth-order valence-corrected chi connectivity index (χ4v) is 3.19. The topological polar surface area (TPSA) is 59.5 Å². The molecule has 0 radical (unpaired) electrons. The van der Waals surface area contributed by atoms with Gasteiger partial charge in [-0.15, -0.1) is 0 Å². The van der Waals surface area contributed by atoms with E-state index in [0.29, 0.717) is 25.9 Å². The molecule has 5 nitrogen and oxygen atoms in total. The second kappa shape index (κ2) is 9.06. The van der Waals surface area contributed by atoms with Gasteiger partial charge < -0.3 is 13.7 Å². The van der Waals surface area contributed by atoms with E-state index in [1.807, 2.05) is 66.7 Å². The largest absolute Gasteiger partial charge is 0.467 e. The molecule has 0 N–H and O–H groups in total. The van der Waals surface area contributed by atoms with Crippen LogP contribution in [0, 0.1) is 0 Å². The summed E-state index contributed by atoms with van der Waals surface area (Å²) in [5.74, 6) is 2.42. The van der Waals surface area contributed by atoms with Crippen LogP contribution >= 0.6 is 0 Å². The third-order valence-electron chi connectivity index (χ3n) is 4.68. The van der Waals surface area contributed by atoms with Crippen molar-refractivity contribution in [1.29, 1.82) is 0 Å². The van der Waals surface area contributed by atoms with Gasteiger partial charge in [-0.25, -0.2) is 0 Å². The molecular weight excluding hydrogens is 364 g/mol. The Kier molecular flexibility index (Phi) is 5.86. The Morgan fingerprint density at radius 3 is 2.55 bits per heavy atom. The van der Waals surface area contributed by atoms with Crippen molar-refractivity contribution in [3.05, 3.63) is 102 Å². The quantitative estimate of drug-likeness (QED) is 0.423. The molecule has 1 amide bonds. The van der Waals surface area contributed by atoms with Gasteiger partial charge in [0, 0.05) is 37.3 Å². The minimum atomic E-state index is 0.0444. The fourth-order valence-electron chi connectivity index (χ4n) is 3.19.